The van der Waals surface area contributed by atoms with E-state index < -0.39 is 0 Å². The van der Waals surface area contributed by atoms with E-state index in [1.165, 1.54) is 0 Å². The normalized spacial score (nSPS) is 9.75. The van der Waals surface area contributed by atoms with Gasteiger partial charge in [0.05, 0.1) is 66.1 Å². The van der Waals surface area contributed by atoms with E-state index in [4.69, 9.17) is 38.6 Å². The second kappa shape index (κ2) is 34.1. The average molecular weight is 358 g/mol. The Morgan fingerprint density at radius 2 is 0.833 bits per heavy atom. The fourth-order valence-electron chi connectivity index (χ4n) is 1.04. The molecule has 24 heavy (non-hydrogen) atoms. The molecule has 0 fully saturated rings. The van der Waals surface area contributed by atoms with Crippen molar-refractivity contribution in [1.82, 2.24) is 0 Å². The first-order valence-corrected chi connectivity index (χ1v) is 8.25. The Hall–Kier alpha value is -0.320. The van der Waals surface area contributed by atoms with Gasteiger partial charge in [-0.1, -0.05) is 0 Å². The zero-order valence-electron chi connectivity index (χ0n) is 15.8. The standard InChI is InChI=1S/C6H14O4.C6H14O3.C4H10O/c7-1-3-9-5-6-10-4-2-8;1-7-3-5-9-6-4-8-2;1-3-5-4-2/h7-8H,1-6H2;3-6H2,1-2H3;3-4H2,1-2H3. The number of aliphatic hydroxyl groups excluding tert-OH is 2. The smallest absolute Gasteiger partial charge is 0.0701 e. The van der Waals surface area contributed by atoms with E-state index in [-0.39, 0.29) is 13.2 Å². The first-order chi connectivity index (χ1) is 11.7. The minimum absolute atomic E-state index is 0.0417. The summed E-state index contributed by atoms with van der Waals surface area (Å²) in [5.74, 6) is 0. The topological polar surface area (TPSA) is 95.8 Å². The van der Waals surface area contributed by atoms with Crippen LogP contribution in [0.2, 0.25) is 0 Å². The van der Waals surface area contributed by atoms with E-state index in [2.05, 4.69) is 0 Å². The molecule has 0 unspecified atom stereocenters. The summed E-state index contributed by atoms with van der Waals surface area (Å²) in [7, 11) is 3.30. The molecular weight excluding hydrogens is 320 g/mol. The first kappa shape index (κ1) is 28.5. The number of methoxy groups -OCH3 is 2. The van der Waals surface area contributed by atoms with Crippen LogP contribution in [0.25, 0.3) is 0 Å². The Morgan fingerprint density at radius 3 is 1.08 bits per heavy atom. The predicted molar refractivity (Wildman–Crippen MR) is 92.5 cm³/mol. The van der Waals surface area contributed by atoms with Crippen LogP contribution in [0.15, 0.2) is 0 Å². The molecule has 8 nitrogen and oxygen atoms in total. The van der Waals surface area contributed by atoms with E-state index in [1.54, 1.807) is 14.2 Å². The van der Waals surface area contributed by atoms with Crippen molar-refractivity contribution >= 4 is 0 Å². The lowest BCUT2D eigenvalue weighted by atomic mass is 10.7. The summed E-state index contributed by atoms with van der Waals surface area (Å²) in [6, 6.07) is 0. The Balaban J connectivity index is -0.000000291. The third-order valence-electron chi connectivity index (χ3n) is 2.12. The highest BCUT2D eigenvalue weighted by Crippen LogP contribution is 1.77. The molecule has 8 heteroatoms. The number of aliphatic hydroxyl groups is 2. The van der Waals surface area contributed by atoms with Gasteiger partial charge in [0.2, 0.25) is 0 Å². The van der Waals surface area contributed by atoms with Gasteiger partial charge in [0, 0.05) is 27.4 Å². The molecule has 0 aliphatic rings. The third-order valence-corrected chi connectivity index (χ3v) is 2.12. The number of hydrogen-bond donors (Lipinski definition) is 2. The van der Waals surface area contributed by atoms with Gasteiger partial charge in [-0.25, -0.2) is 0 Å². The monoisotopic (exact) mass is 358 g/mol. The minimum Gasteiger partial charge on any atom is -0.394 e. The second-order valence-electron chi connectivity index (χ2n) is 4.05. The van der Waals surface area contributed by atoms with Crippen LogP contribution < -0.4 is 0 Å². The summed E-state index contributed by atoms with van der Waals surface area (Å²) in [6.45, 7) is 10.0. The van der Waals surface area contributed by atoms with Crippen molar-refractivity contribution in [2.75, 3.05) is 93.5 Å². The molecule has 0 bridgehead atoms. The average Bonchev–Trinajstić information content (AvgIpc) is 2.60. The molecule has 0 saturated heterocycles. The van der Waals surface area contributed by atoms with Crippen molar-refractivity contribution in [3.8, 4) is 0 Å². The van der Waals surface area contributed by atoms with Gasteiger partial charge in [-0.05, 0) is 13.8 Å². The maximum atomic E-state index is 8.26. The van der Waals surface area contributed by atoms with Crippen molar-refractivity contribution in [3.63, 3.8) is 0 Å². The second-order valence-corrected chi connectivity index (χ2v) is 4.05. The molecule has 0 aromatic rings. The molecule has 0 atom stereocenters. The van der Waals surface area contributed by atoms with E-state index >= 15 is 0 Å². The van der Waals surface area contributed by atoms with Crippen LogP contribution in [-0.4, -0.2) is 104 Å². The molecule has 2 N–H and O–H groups in total. The molecule has 0 aromatic heterocycles. The van der Waals surface area contributed by atoms with Gasteiger partial charge in [0.15, 0.2) is 0 Å². The Morgan fingerprint density at radius 1 is 0.500 bits per heavy atom. The molecule has 0 saturated carbocycles. The van der Waals surface area contributed by atoms with Crippen LogP contribution in [-0.2, 0) is 28.4 Å². The van der Waals surface area contributed by atoms with Crippen LogP contribution in [0.1, 0.15) is 13.8 Å². The van der Waals surface area contributed by atoms with E-state index in [9.17, 15) is 0 Å². The van der Waals surface area contributed by atoms with Crippen molar-refractivity contribution in [3.05, 3.63) is 0 Å². The van der Waals surface area contributed by atoms with Gasteiger partial charge in [-0.3, -0.25) is 0 Å². The van der Waals surface area contributed by atoms with Crippen LogP contribution in [0.3, 0.4) is 0 Å². The number of ether oxygens (including phenoxy) is 6. The van der Waals surface area contributed by atoms with Gasteiger partial charge in [-0.15, -0.1) is 0 Å². The van der Waals surface area contributed by atoms with Crippen molar-refractivity contribution in [2.45, 2.75) is 13.8 Å². The SMILES string of the molecule is CCOCC.COCCOCCOC.OCCOCCOCCO. The Labute approximate surface area is 146 Å². The molecule has 0 heterocycles. The lowest BCUT2D eigenvalue weighted by Gasteiger charge is -2.01. The maximum absolute atomic E-state index is 8.26. The minimum atomic E-state index is 0.0417. The summed E-state index contributed by atoms with van der Waals surface area (Å²) in [5, 5.41) is 16.5. The summed E-state index contributed by atoms with van der Waals surface area (Å²) >= 11 is 0. The summed E-state index contributed by atoms with van der Waals surface area (Å²) in [4.78, 5) is 0. The van der Waals surface area contributed by atoms with Crippen LogP contribution in [0.5, 0.6) is 0 Å². The maximum Gasteiger partial charge on any atom is 0.0701 e. The van der Waals surface area contributed by atoms with E-state index in [0.717, 1.165) is 13.2 Å². The van der Waals surface area contributed by atoms with Crippen LogP contribution in [0.4, 0.5) is 0 Å². The van der Waals surface area contributed by atoms with Crippen molar-refractivity contribution in [1.29, 1.82) is 0 Å². The van der Waals surface area contributed by atoms with E-state index in [0.29, 0.717) is 52.9 Å². The molecular formula is C16H38O8. The first-order valence-electron chi connectivity index (χ1n) is 8.25. The fourth-order valence-corrected chi connectivity index (χ4v) is 1.04. The number of hydrogen-bond acceptors (Lipinski definition) is 8. The summed E-state index contributed by atoms with van der Waals surface area (Å²) in [5.41, 5.74) is 0. The molecule has 0 rings (SSSR count). The van der Waals surface area contributed by atoms with Gasteiger partial charge in [-0.2, -0.15) is 0 Å². The van der Waals surface area contributed by atoms with Gasteiger partial charge < -0.3 is 38.6 Å². The summed E-state index contributed by atoms with van der Waals surface area (Å²) in [6.07, 6.45) is 0. The highest BCUT2D eigenvalue weighted by Gasteiger charge is 1.86. The highest BCUT2D eigenvalue weighted by atomic mass is 16.5. The zero-order chi connectivity index (χ0) is 18.7. The molecule has 0 aliphatic heterocycles. The number of rotatable bonds is 15. The van der Waals surface area contributed by atoms with Crippen LogP contribution in [0, 0.1) is 0 Å². The lowest BCUT2D eigenvalue weighted by molar-refractivity contribution is 0.0222. The predicted octanol–water partition coefficient (Wildman–Crippen LogP) is 0.343. The van der Waals surface area contributed by atoms with Crippen molar-refractivity contribution in [2.24, 2.45) is 0 Å². The molecule has 0 aromatic carbocycles. The van der Waals surface area contributed by atoms with E-state index in [1.807, 2.05) is 13.8 Å². The zero-order valence-corrected chi connectivity index (χ0v) is 15.8. The summed E-state index contributed by atoms with van der Waals surface area (Å²) < 4.78 is 29.2. The molecule has 150 valence electrons. The third kappa shape index (κ3) is 43.0. The lowest BCUT2D eigenvalue weighted by Crippen LogP contribution is -2.09. The molecule has 0 aliphatic carbocycles. The highest BCUT2D eigenvalue weighted by molar-refractivity contribution is 4.30. The van der Waals surface area contributed by atoms with Gasteiger partial charge in [0.1, 0.15) is 0 Å². The van der Waals surface area contributed by atoms with Gasteiger partial charge in [0.25, 0.3) is 0 Å². The Kier molecular flexibility index (Phi) is 40.5. The largest absolute Gasteiger partial charge is 0.394 e. The van der Waals surface area contributed by atoms with Gasteiger partial charge >= 0.3 is 0 Å². The molecule has 0 radical (unpaired) electrons. The fraction of sp³-hybridized carbons (Fsp3) is 1.00. The van der Waals surface area contributed by atoms with Crippen LogP contribution >= 0.6 is 0 Å². The quantitative estimate of drug-likeness (QED) is 0.405. The molecule has 0 spiro atoms. The Bertz CT molecular complexity index is 156. The molecule has 0 amide bonds. The van der Waals surface area contributed by atoms with Crippen molar-refractivity contribution < 1.29 is 38.6 Å².